The minimum atomic E-state index is -2.17. The van der Waals surface area contributed by atoms with Crippen LogP contribution in [0.3, 0.4) is 0 Å². The topological polar surface area (TPSA) is 39.4 Å². The van der Waals surface area contributed by atoms with Crippen LogP contribution in [0.25, 0.3) is 55.3 Å². The van der Waals surface area contributed by atoms with Gasteiger partial charge in [-0.3, -0.25) is 0 Å². The van der Waals surface area contributed by atoms with Crippen molar-refractivity contribution in [1.82, 2.24) is 9.55 Å². The van der Waals surface area contributed by atoms with E-state index in [0.717, 1.165) is 38.7 Å². The molecule has 9 rings (SSSR count). The Bertz CT molecular complexity index is 2600. The van der Waals surface area contributed by atoms with Gasteiger partial charge in [0.2, 0.25) is 0 Å². The van der Waals surface area contributed by atoms with Crippen molar-refractivity contribution >= 4 is 63.5 Å². The second-order valence-electron chi connectivity index (χ2n) is 15.7. The summed E-state index contributed by atoms with van der Waals surface area (Å²) in [5.74, 6) is 8.70. The molecule has 4 nitrogen and oxygen atoms in total. The van der Waals surface area contributed by atoms with Crippen molar-refractivity contribution in [1.29, 1.82) is 0 Å². The van der Waals surface area contributed by atoms with Crippen LogP contribution >= 0.6 is 0 Å². The number of rotatable bonds is 5. The zero-order chi connectivity index (χ0) is 35.1. The fourth-order valence-electron chi connectivity index (χ4n) is 7.71. The van der Waals surface area contributed by atoms with Crippen LogP contribution in [0.1, 0.15) is 31.9 Å². The molecule has 0 atom stereocenters. The van der Waals surface area contributed by atoms with Crippen molar-refractivity contribution in [2.75, 3.05) is 0 Å². The summed E-state index contributed by atoms with van der Waals surface area (Å²) in [7, 11) is 0. The molecule has 4 heterocycles. The molecule has 7 heteroatoms. The summed E-state index contributed by atoms with van der Waals surface area (Å²) >= 11 is -2.17. The van der Waals surface area contributed by atoms with E-state index in [1.807, 2.05) is 30.6 Å². The van der Waals surface area contributed by atoms with Crippen LogP contribution in [0.2, 0.25) is 17.3 Å². The summed E-state index contributed by atoms with van der Waals surface area (Å²) in [6, 6.07) is 44.4. The third kappa shape index (κ3) is 5.83. The zero-order valence-corrected chi connectivity index (χ0v) is 34.6. The standard InChI is InChI=1S/C45H38BGeN3O.Pt/c1-45(2,3)31-23-30(41-16-11-12-21-48-41)24-32(26-31)51-33-27-37-35-14-8-10-17-42(35)50-43-25-29(34-13-7-9-15-40(34)47(4,5)6)18-19-36(43)38-20-22-49-46(38)39(28-33)44(37)50;/h7-23,25-27H,1-6H3;/q-2;+2. The number of fused-ring (bicyclic) bond motifs is 8. The van der Waals surface area contributed by atoms with Gasteiger partial charge in [-0.15, -0.1) is 17.2 Å². The minimum absolute atomic E-state index is 0. The Morgan fingerprint density at radius 1 is 0.769 bits per heavy atom. The Morgan fingerprint density at radius 2 is 1.54 bits per heavy atom. The number of pyridine rings is 1. The zero-order valence-electron chi connectivity index (χ0n) is 30.2. The van der Waals surface area contributed by atoms with Gasteiger partial charge in [0.05, 0.1) is 0 Å². The molecule has 2 aliphatic heterocycles. The van der Waals surface area contributed by atoms with Gasteiger partial charge in [-0.05, 0) is 17.2 Å². The Labute approximate surface area is 323 Å². The number of para-hydroxylation sites is 1. The van der Waals surface area contributed by atoms with Crippen molar-refractivity contribution in [2.45, 2.75) is 43.5 Å². The second-order valence-corrected chi connectivity index (χ2v) is 26.3. The van der Waals surface area contributed by atoms with Gasteiger partial charge < -0.3 is 4.98 Å². The summed E-state index contributed by atoms with van der Waals surface area (Å²) in [4.78, 5) is 9.68. The minimum Gasteiger partial charge on any atom is -0.305 e. The van der Waals surface area contributed by atoms with Gasteiger partial charge in [-0.1, -0.05) is 45.0 Å². The average molecular weight is 915 g/mol. The first-order valence-electron chi connectivity index (χ1n) is 17.7. The van der Waals surface area contributed by atoms with E-state index >= 15 is 0 Å². The molecule has 0 unspecified atom stereocenters. The van der Waals surface area contributed by atoms with Gasteiger partial charge >= 0.3 is 235 Å². The number of benzene rings is 5. The molecule has 0 fully saturated rings. The molecule has 0 bridgehead atoms. The molecule has 0 amide bonds. The normalized spacial score (nSPS) is 13.4. The van der Waals surface area contributed by atoms with Crippen molar-refractivity contribution in [3.8, 4) is 39.6 Å². The van der Waals surface area contributed by atoms with E-state index in [0.29, 0.717) is 11.5 Å². The number of ether oxygens (including phenoxy) is 1. The third-order valence-electron chi connectivity index (χ3n) is 10.2. The first-order chi connectivity index (χ1) is 24.5. The van der Waals surface area contributed by atoms with Crippen molar-refractivity contribution in [3.05, 3.63) is 139 Å². The average Bonchev–Trinajstić information content (AvgIpc) is 3.71. The monoisotopic (exact) mass is 916 g/mol. The second kappa shape index (κ2) is 12.9. The van der Waals surface area contributed by atoms with E-state index in [2.05, 4.69) is 151 Å². The van der Waals surface area contributed by atoms with Gasteiger partial charge in [0.15, 0.2) is 0 Å². The van der Waals surface area contributed by atoms with Gasteiger partial charge in [-0.25, -0.2) is 0 Å². The van der Waals surface area contributed by atoms with Gasteiger partial charge in [0.1, 0.15) is 0 Å². The summed E-state index contributed by atoms with van der Waals surface area (Å²) in [5, 5.41) is 2.29. The number of allylic oxidation sites excluding steroid dienone is 1. The molecule has 0 aliphatic carbocycles. The molecule has 256 valence electrons. The van der Waals surface area contributed by atoms with E-state index in [9.17, 15) is 0 Å². The van der Waals surface area contributed by atoms with Crippen LogP contribution in [0.5, 0.6) is 11.5 Å². The molecule has 52 heavy (non-hydrogen) atoms. The fraction of sp³-hybridized carbons (Fsp3) is 0.156. The SMILES string of the molecule is CC(C)(C)c1cc(Oc2[c-]c3c4c(c2)c2ccccc2n4-c2cc(-c4cccc[c]4[Ge]([CH3])([CH3])[CH3])ccc2C2=CC=NB23)[c-]c(-c2ccccn2)c1.[Pt+2]. The van der Waals surface area contributed by atoms with Crippen LogP contribution in [-0.2, 0) is 26.5 Å². The maximum atomic E-state index is 6.78. The van der Waals surface area contributed by atoms with Crippen molar-refractivity contribution in [3.63, 3.8) is 0 Å². The molecule has 0 N–H and O–H groups in total. The van der Waals surface area contributed by atoms with Crippen LogP contribution in [0.4, 0.5) is 0 Å². The molecule has 0 saturated heterocycles. The maximum Gasteiger partial charge on any atom is 2.00 e. The summed E-state index contributed by atoms with van der Waals surface area (Å²) in [6.45, 7) is 6.45. The van der Waals surface area contributed by atoms with Crippen molar-refractivity contribution in [2.24, 2.45) is 4.90 Å². The number of aromatic nitrogens is 2. The number of hydrogen-bond acceptors (Lipinski definition) is 3. The third-order valence-corrected chi connectivity index (χ3v) is 14.5. The largest absolute Gasteiger partial charge is 2.00 e. The number of nitrogens with zero attached hydrogens (tertiary/aromatic N) is 3. The Balaban J connectivity index is 0.00000387. The molecular formula is C45H38BGeN3OPt. The Kier molecular flexibility index (Phi) is 8.59. The predicted octanol–water partition coefficient (Wildman–Crippen LogP) is 9.96. The first kappa shape index (κ1) is 34.6. The Hall–Kier alpha value is -4.44. The molecule has 5 aromatic carbocycles. The molecule has 0 saturated carbocycles. The van der Waals surface area contributed by atoms with Crippen LogP contribution in [0, 0.1) is 12.1 Å². The van der Waals surface area contributed by atoms with E-state index in [-0.39, 0.29) is 33.3 Å². The quantitative estimate of drug-likeness (QED) is 0.128. The molecule has 0 spiro atoms. The van der Waals surface area contributed by atoms with E-state index in [1.54, 1.807) is 0 Å². The molecule has 7 aromatic rings. The van der Waals surface area contributed by atoms with E-state index in [1.165, 1.54) is 37.6 Å². The fourth-order valence-corrected chi connectivity index (χ4v) is 11.1. The van der Waals surface area contributed by atoms with E-state index in [4.69, 9.17) is 9.64 Å². The maximum absolute atomic E-state index is 6.78. The van der Waals surface area contributed by atoms with Gasteiger partial charge in [-0.2, -0.15) is 0 Å². The Morgan fingerprint density at radius 3 is 2.33 bits per heavy atom. The van der Waals surface area contributed by atoms with E-state index < -0.39 is 13.3 Å². The van der Waals surface area contributed by atoms with Crippen LogP contribution < -0.4 is 14.6 Å². The molecular weight excluding hydrogens is 877 g/mol. The summed E-state index contributed by atoms with van der Waals surface area (Å²) in [5.41, 5.74) is 12.2. The molecule has 2 aromatic heterocycles. The summed E-state index contributed by atoms with van der Waals surface area (Å²) in [6.07, 6.45) is 5.94. The first-order valence-corrected chi connectivity index (χ1v) is 25.0. The molecule has 2 aliphatic rings. The summed E-state index contributed by atoms with van der Waals surface area (Å²) < 4.78 is 10.7. The van der Waals surface area contributed by atoms with Gasteiger partial charge in [0.25, 0.3) is 0 Å². The predicted molar refractivity (Wildman–Crippen MR) is 217 cm³/mol. The van der Waals surface area contributed by atoms with Crippen molar-refractivity contribution < 1.29 is 25.8 Å². The van der Waals surface area contributed by atoms with Gasteiger partial charge in [0, 0.05) is 6.20 Å². The number of hydrogen-bond donors (Lipinski definition) is 0. The van der Waals surface area contributed by atoms with Crippen LogP contribution in [0.15, 0.2) is 120 Å². The smallest absolute Gasteiger partial charge is 0.305 e. The van der Waals surface area contributed by atoms with Crippen LogP contribution in [-0.4, -0.2) is 35.9 Å². The molecule has 0 radical (unpaired) electrons.